The van der Waals surface area contributed by atoms with Crippen LogP contribution in [0.1, 0.15) is 24.8 Å². The molecule has 0 atom stereocenters. The van der Waals surface area contributed by atoms with Gasteiger partial charge in [-0.3, -0.25) is 0 Å². The van der Waals surface area contributed by atoms with E-state index in [1.165, 1.54) is 28.7 Å². The summed E-state index contributed by atoms with van der Waals surface area (Å²) in [6.45, 7) is 1.30. The molecule has 1 N–H and O–H groups in total. The molecule has 8 heteroatoms. The van der Waals surface area contributed by atoms with Crippen molar-refractivity contribution in [2.45, 2.75) is 30.6 Å². The van der Waals surface area contributed by atoms with E-state index in [0.717, 1.165) is 25.3 Å². The van der Waals surface area contributed by atoms with E-state index in [4.69, 9.17) is 0 Å². The Balaban J connectivity index is 1.73. The SMILES string of the molecule is O=S(=O)(c1cccnc1NCCc1ccc(F)cc1F)N1CCCCC1. The number of piperidine rings is 1. The average molecular weight is 381 g/mol. The van der Waals surface area contributed by atoms with Crippen LogP contribution in [0.15, 0.2) is 41.4 Å². The lowest BCUT2D eigenvalue weighted by Gasteiger charge is -2.26. The molecule has 1 aromatic heterocycles. The molecule has 26 heavy (non-hydrogen) atoms. The largest absolute Gasteiger partial charge is 0.369 e. The molecule has 0 amide bonds. The first kappa shape index (κ1) is 18.7. The van der Waals surface area contributed by atoms with Gasteiger partial charge < -0.3 is 5.32 Å². The second kappa shape index (κ2) is 8.09. The van der Waals surface area contributed by atoms with Crippen molar-refractivity contribution in [1.82, 2.24) is 9.29 Å². The monoisotopic (exact) mass is 381 g/mol. The fraction of sp³-hybridized carbons (Fsp3) is 0.389. The van der Waals surface area contributed by atoms with Gasteiger partial charge in [-0.1, -0.05) is 12.5 Å². The fourth-order valence-corrected chi connectivity index (χ4v) is 4.65. The second-order valence-electron chi connectivity index (χ2n) is 6.23. The summed E-state index contributed by atoms with van der Waals surface area (Å²) in [6, 6.07) is 6.53. The zero-order valence-electron chi connectivity index (χ0n) is 14.3. The summed E-state index contributed by atoms with van der Waals surface area (Å²) in [5.41, 5.74) is 0.357. The molecule has 1 aliphatic rings. The molecule has 1 saturated heterocycles. The third-order valence-corrected chi connectivity index (χ3v) is 6.34. The third kappa shape index (κ3) is 4.19. The number of aromatic nitrogens is 1. The van der Waals surface area contributed by atoms with Crippen LogP contribution in [0, 0.1) is 11.6 Å². The van der Waals surface area contributed by atoms with Crippen molar-refractivity contribution in [3.8, 4) is 0 Å². The lowest BCUT2D eigenvalue weighted by atomic mass is 10.1. The minimum atomic E-state index is -3.62. The van der Waals surface area contributed by atoms with Gasteiger partial charge in [-0.15, -0.1) is 0 Å². The Labute approximate surface area is 152 Å². The van der Waals surface area contributed by atoms with E-state index in [1.54, 1.807) is 6.07 Å². The fourth-order valence-electron chi connectivity index (χ4n) is 3.02. The highest BCUT2D eigenvalue weighted by atomic mass is 32.2. The molecule has 140 valence electrons. The van der Waals surface area contributed by atoms with Gasteiger partial charge >= 0.3 is 0 Å². The van der Waals surface area contributed by atoms with Gasteiger partial charge in [0.25, 0.3) is 0 Å². The van der Waals surface area contributed by atoms with Crippen LogP contribution in [0.3, 0.4) is 0 Å². The average Bonchev–Trinajstić information content (AvgIpc) is 2.64. The Bertz CT molecular complexity index is 868. The highest BCUT2D eigenvalue weighted by Gasteiger charge is 2.28. The van der Waals surface area contributed by atoms with Crippen LogP contribution in [0.5, 0.6) is 0 Å². The predicted molar refractivity (Wildman–Crippen MR) is 95.4 cm³/mol. The Morgan fingerprint density at radius 3 is 2.62 bits per heavy atom. The molecule has 0 aliphatic carbocycles. The Morgan fingerprint density at radius 1 is 1.12 bits per heavy atom. The van der Waals surface area contributed by atoms with Gasteiger partial charge in [0.15, 0.2) is 0 Å². The van der Waals surface area contributed by atoms with Gasteiger partial charge in [0, 0.05) is 31.9 Å². The first-order valence-electron chi connectivity index (χ1n) is 8.61. The normalized spacial score (nSPS) is 15.8. The quantitative estimate of drug-likeness (QED) is 0.835. The minimum absolute atomic E-state index is 0.126. The van der Waals surface area contributed by atoms with E-state index in [0.29, 0.717) is 18.7 Å². The molecule has 5 nitrogen and oxygen atoms in total. The van der Waals surface area contributed by atoms with Crippen molar-refractivity contribution in [1.29, 1.82) is 0 Å². The Morgan fingerprint density at radius 2 is 1.88 bits per heavy atom. The Kier molecular flexibility index (Phi) is 5.83. The molecular formula is C18H21F2N3O2S. The number of pyridine rings is 1. The molecule has 0 spiro atoms. The van der Waals surface area contributed by atoms with Gasteiger partial charge in [-0.25, -0.2) is 22.2 Å². The van der Waals surface area contributed by atoms with E-state index in [-0.39, 0.29) is 23.7 Å². The summed E-state index contributed by atoms with van der Waals surface area (Å²) in [5, 5.41) is 2.97. The summed E-state index contributed by atoms with van der Waals surface area (Å²) in [7, 11) is -3.62. The van der Waals surface area contributed by atoms with Gasteiger partial charge in [-0.05, 0) is 43.0 Å². The molecule has 2 heterocycles. The molecule has 0 saturated carbocycles. The standard InChI is InChI=1S/C18H21F2N3O2S/c19-15-7-6-14(16(20)13-15)8-10-22-18-17(5-4-9-21-18)26(24,25)23-11-2-1-3-12-23/h4-7,9,13H,1-3,8,10-12H2,(H,21,22). The zero-order chi connectivity index (χ0) is 18.6. The van der Waals surface area contributed by atoms with E-state index >= 15 is 0 Å². The molecule has 1 aliphatic heterocycles. The van der Waals surface area contributed by atoms with Gasteiger partial charge in [0.1, 0.15) is 22.3 Å². The highest BCUT2D eigenvalue weighted by molar-refractivity contribution is 7.89. The van der Waals surface area contributed by atoms with Crippen molar-refractivity contribution in [2.75, 3.05) is 25.0 Å². The van der Waals surface area contributed by atoms with Crippen LogP contribution in [-0.2, 0) is 16.4 Å². The summed E-state index contributed by atoms with van der Waals surface area (Å²) < 4.78 is 53.9. The van der Waals surface area contributed by atoms with Crippen molar-refractivity contribution < 1.29 is 17.2 Å². The van der Waals surface area contributed by atoms with Crippen molar-refractivity contribution in [3.05, 3.63) is 53.7 Å². The van der Waals surface area contributed by atoms with E-state index in [2.05, 4.69) is 10.3 Å². The number of hydrogen-bond donors (Lipinski definition) is 1. The number of nitrogens with zero attached hydrogens (tertiary/aromatic N) is 2. The first-order chi connectivity index (χ1) is 12.5. The number of nitrogens with one attached hydrogen (secondary N) is 1. The Hall–Kier alpha value is -2.06. The minimum Gasteiger partial charge on any atom is -0.369 e. The molecule has 0 unspecified atom stereocenters. The summed E-state index contributed by atoms with van der Waals surface area (Å²) in [5.74, 6) is -0.992. The van der Waals surface area contributed by atoms with Crippen molar-refractivity contribution >= 4 is 15.8 Å². The number of sulfonamides is 1. The van der Waals surface area contributed by atoms with Gasteiger partial charge in [0.05, 0.1) is 0 Å². The van der Waals surface area contributed by atoms with Crippen LogP contribution in [0.4, 0.5) is 14.6 Å². The second-order valence-corrected chi connectivity index (χ2v) is 8.13. The van der Waals surface area contributed by atoms with Crippen molar-refractivity contribution in [3.63, 3.8) is 0 Å². The van der Waals surface area contributed by atoms with Crippen LogP contribution < -0.4 is 5.32 Å². The van der Waals surface area contributed by atoms with E-state index in [1.807, 2.05) is 0 Å². The molecule has 0 radical (unpaired) electrons. The van der Waals surface area contributed by atoms with Crippen LogP contribution in [0.2, 0.25) is 0 Å². The molecule has 2 aromatic rings. The highest BCUT2D eigenvalue weighted by Crippen LogP contribution is 2.25. The van der Waals surface area contributed by atoms with Crippen molar-refractivity contribution in [2.24, 2.45) is 0 Å². The van der Waals surface area contributed by atoms with Crippen LogP contribution in [-0.4, -0.2) is 37.3 Å². The lowest BCUT2D eigenvalue weighted by Crippen LogP contribution is -2.36. The maximum absolute atomic E-state index is 13.7. The third-order valence-electron chi connectivity index (χ3n) is 4.41. The maximum atomic E-state index is 13.7. The number of halogens is 2. The zero-order valence-corrected chi connectivity index (χ0v) is 15.1. The molecule has 3 rings (SSSR count). The lowest BCUT2D eigenvalue weighted by molar-refractivity contribution is 0.346. The summed E-state index contributed by atoms with van der Waals surface area (Å²) in [6.07, 6.45) is 4.54. The number of anilines is 1. The van der Waals surface area contributed by atoms with Crippen LogP contribution in [0.25, 0.3) is 0 Å². The maximum Gasteiger partial charge on any atom is 0.246 e. The predicted octanol–water partition coefficient (Wildman–Crippen LogP) is 3.19. The van der Waals surface area contributed by atoms with Gasteiger partial charge in [0.2, 0.25) is 10.0 Å². The molecule has 1 fully saturated rings. The van der Waals surface area contributed by atoms with E-state index < -0.39 is 21.7 Å². The van der Waals surface area contributed by atoms with Crippen LogP contribution >= 0.6 is 0 Å². The molecule has 0 bridgehead atoms. The molecule has 1 aromatic carbocycles. The molecular weight excluding hydrogens is 360 g/mol. The van der Waals surface area contributed by atoms with Gasteiger partial charge in [-0.2, -0.15) is 4.31 Å². The topological polar surface area (TPSA) is 62.3 Å². The smallest absolute Gasteiger partial charge is 0.246 e. The number of rotatable bonds is 6. The number of hydrogen-bond acceptors (Lipinski definition) is 4. The van der Waals surface area contributed by atoms with E-state index in [9.17, 15) is 17.2 Å². The first-order valence-corrected chi connectivity index (χ1v) is 10.1. The summed E-state index contributed by atoms with van der Waals surface area (Å²) in [4.78, 5) is 4.26. The summed E-state index contributed by atoms with van der Waals surface area (Å²) >= 11 is 0. The number of benzene rings is 1.